The molecule has 0 saturated carbocycles. The number of nitrogens with zero attached hydrogens (tertiary/aromatic N) is 4. The Morgan fingerprint density at radius 1 is 1.12 bits per heavy atom. The van der Waals surface area contributed by atoms with Crippen LogP contribution in [0, 0.1) is 18.3 Å². The van der Waals surface area contributed by atoms with Crippen molar-refractivity contribution in [2.45, 2.75) is 13.5 Å². The van der Waals surface area contributed by atoms with Gasteiger partial charge in [-0.2, -0.15) is 5.26 Å². The molecular formula is C24H19N5O2S. The third-order valence-electron chi connectivity index (χ3n) is 4.61. The zero-order chi connectivity index (χ0) is 22.3. The fraction of sp³-hybridized carbons (Fsp3) is 0.0833. The minimum atomic E-state index is -0.545. The normalized spacial score (nSPS) is 11.1. The molecule has 1 amide bonds. The number of nitriles is 1. The molecule has 2 heterocycles. The largest absolute Gasteiger partial charge is 0.486 e. The molecule has 0 unspecified atom stereocenters. The average Bonchev–Trinajstić information content (AvgIpc) is 3.46. The van der Waals surface area contributed by atoms with E-state index in [0.29, 0.717) is 10.1 Å². The first-order valence-corrected chi connectivity index (χ1v) is 10.6. The number of para-hydroxylation sites is 2. The standard InChI is InChI=1S/C24H19N5O2S/c1-17-8-5-6-12-21(17)29-13-7-9-19(29)14-18(15-25)23(30)26-24-28-27-22(32-24)16-31-20-10-3-2-4-11-20/h2-14H,16H2,1H3,(H,26,28,30)/b18-14-. The Bertz CT molecular complexity index is 1300. The molecule has 32 heavy (non-hydrogen) atoms. The van der Waals surface area contributed by atoms with Crippen molar-refractivity contribution in [1.29, 1.82) is 5.26 Å². The molecule has 4 rings (SSSR count). The van der Waals surface area contributed by atoms with Crippen LogP contribution < -0.4 is 10.1 Å². The highest BCUT2D eigenvalue weighted by atomic mass is 32.1. The summed E-state index contributed by atoms with van der Waals surface area (Å²) in [6.07, 6.45) is 3.45. The van der Waals surface area contributed by atoms with Crippen LogP contribution in [0.5, 0.6) is 5.75 Å². The van der Waals surface area contributed by atoms with E-state index in [2.05, 4.69) is 15.5 Å². The van der Waals surface area contributed by atoms with E-state index in [1.54, 1.807) is 6.08 Å². The fourth-order valence-corrected chi connectivity index (χ4v) is 3.70. The molecule has 1 N–H and O–H groups in total. The van der Waals surface area contributed by atoms with E-state index in [0.717, 1.165) is 22.7 Å². The number of carbonyl (C=O) groups is 1. The van der Waals surface area contributed by atoms with Crippen molar-refractivity contribution >= 4 is 28.5 Å². The molecule has 7 nitrogen and oxygen atoms in total. The molecule has 0 fully saturated rings. The predicted octanol–water partition coefficient (Wildman–Crippen LogP) is 4.76. The van der Waals surface area contributed by atoms with Crippen LogP contribution in [0.25, 0.3) is 11.8 Å². The van der Waals surface area contributed by atoms with Crippen LogP contribution in [0.3, 0.4) is 0 Å². The van der Waals surface area contributed by atoms with Gasteiger partial charge in [-0.1, -0.05) is 47.7 Å². The summed E-state index contributed by atoms with van der Waals surface area (Å²) in [6.45, 7) is 2.25. The van der Waals surface area contributed by atoms with E-state index in [1.807, 2.05) is 90.5 Å². The van der Waals surface area contributed by atoms with Crippen molar-refractivity contribution < 1.29 is 9.53 Å². The maximum Gasteiger partial charge on any atom is 0.268 e. The Morgan fingerprint density at radius 3 is 2.69 bits per heavy atom. The number of benzene rings is 2. The van der Waals surface area contributed by atoms with Crippen LogP contribution in [-0.2, 0) is 11.4 Å². The number of carbonyl (C=O) groups excluding carboxylic acids is 1. The maximum atomic E-state index is 12.7. The SMILES string of the molecule is Cc1ccccc1-n1cccc1/C=C(/C#N)C(=O)Nc1nnc(COc2ccccc2)s1. The van der Waals surface area contributed by atoms with Crippen LogP contribution >= 0.6 is 11.3 Å². The van der Waals surface area contributed by atoms with Crippen LogP contribution in [0.1, 0.15) is 16.3 Å². The minimum Gasteiger partial charge on any atom is -0.486 e. The highest BCUT2D eigenvalue weighted by Gasteiger charge is 2.14. The van der Waals surface area contributed by atoms with E-state index in [4.69, 9.17) is 4.74 Å². The Balaban J connectivity index is 1.46. The molecule has 2 aromatic carbocycles. The van der Waals surface area contributed by atoms with Gasteiger partial charge in [0.1, 0.15) is 24.0 Å². The molecule has 0 bridgehead atoms. The molecule has 0 aliphatic heterocycles. The molecule has 0 aliphatic rings. The lowest BCUT2D eigenvalue weighted by Gasteiger charge is -2.10. The minimum absolute atomic E-state index is 0.0316. The molecular weight excluding hydrogens is 422 g/mol. The number of aromatic nitrogens is 3. The van der Waals surface area contributed by atoms with Gasteiger partial charge in [-0.05, 0) is 48.9 Å². The second-order valence-electron chi connectivity index (χ2n) is 6.82. The number of aryl methyl sites for hydroxylation is 1. The van der Waals surface area contributed by atoms with Gasteiger partial charge in [0.15, 0.2) is 5.01 Å². The van der Waals surface area contributed by atoms with Gasteiger partial charge in [-0.15, -0.1) is 10.2 Å². The molecule has 0 radical (unpaired) electrons. The van der Waals surface area contributed by atoms with E-state index >= 15 is 0 Å². The third-order valence-corrected chi connectivity index (χ3v) is 5.42. The second kappa shape index (κ2) is 9.73. The van der Waals surface area contributed by atoms with E-state index in [9.17, 15) is 10.1 Å². The molecule has 2 aromatic heterocycles. The first-order valence-electron chi connectivity index (χ1n) is 9.81. The van der Waals surface area contributed by atoms with Crippen LogP contribution in [0.4, 0.5) is 5.13 Å². The first-order chi connectivity index (χ1) is 15.6. The van der Waals surface area contributed by atoms with Crippen molar-refractivity contribution in [2.75, 3.05) is 5.32 Å². The van der Waals surface area contributed by atoms with Crippen LogP contribution in [0.15, 0.2) is 78.5 Å². The molecule has 0 aliphatic carbocycles. The topological polar surface area (TPSA) is 92.8 Å². The summed E-state index contributed by atoms with van der Waals surface area (Å²) in [6, 6.07) is 23.0. The summed E-state index contributed by atoms with van der Waals surface area (Å²) in [5, 5.41) is 21.1. The molecule has 0 saturated heterocycles. The van der Waals surface area contributed by atoms with Crippen molar-refractivity contribution in [3.8, 4) is 17.5 Å². The van der Waals surface area contributed by atoms with E-state index < -0.39 is 5.91 Å². The Kier molecular flexibility index (Phi) is 6.39. The van der Waals surface area contributed by atoms with Gasteiger partial charge in [0.2, 0.25) is 5.13 Å². The quantitative estimate of drug-likeness (QED) is 0.330. The van der Waals surface area contributed by atoms with E-state index in [-0.39, 0.29) is 12.2 Å². The third kappa shape index (κ3) is 4.91. The smallest absolute Gasteiger partial charge is 0.268 e. The summed E-state index contributed by atoms with van der Waals surface area (Å²) in [4.78, 5) is 12.7. The first kappa shape index (κ1) is 21.0. The van der Waals surface area contributed by atoms with Crippen molar-refractivity contribution in [1.82, 2.24) is 14.8 Å². The highest BCUT2D eigenvalue weighted by Crippen LogP contribution is 2.21. The summed E-state index contributed by atoms with van der Waals surface area (Å²) >= 11 is 1.20. The zero-order valence-corrected chi connectivity index (χ0v) is 18.0. The van der Waals surface area contributed by atoms with Gasteiger partial charge in [0, 0.05) is 17.6 Å². The number of anilines is 1. The monoisotopic (exact) mass is 441 g/mol. The summed E-state index contributed by atoms with van der Waals surface area (Å²) in [7, 11) is 0. The average molecular weight is 442 g/mol. The number of hydrogen-bond acceptors (Lipinski definition) is 6. The molecule has 0 spiro atoms. The van der Waals surface area contributed by atoms with Gasteiger partial charge in [0.25, 0.3) is 5.91 Å². The van der Waals surface area contributed by atoms with Gasteiger partial charge >= 0.3 is 0 Å². The summed E-state index contributed by atoms with van der Waals surface area (Å²) in [5.41, 5.74) is 2.75. The van der Waals surface area contributed by atoms with E-state index in [1.165, 1.54) is 11.3 Å². The predicted molar refractivity (Wildman–Crippen MR) is 123 cm³/mol. The lowest BCUT2D eigenvalue weighted by atomic mass is 10.2. The maximum absolute atomic E-state index is 12.7. The van der Waals surface area contributed by atoms with Crippen molar-refractivity contribution in [3.05, 3.63) is 94.8 Å². The second-order valence-corrected chi connectivity index (χ2v) is 7.88. The fourth-order valence-electron chi connectivity index (χ4n) is 3.05. The van der Waals surface area contributed by atoms with Gasteiger partial charge in [-0.25, -0.2) is 0 Å². The molecule has 8 heteroatoms. The van der Waals surface area contributed by atoms with Gasteiger partial charge < -0.3 is 9.30 Å². The van der Waals surface area contributed by atoms with Crippen LogP contribution in [-0.4, -0.2) is 20.7 Å². The number of rotatable bonds is 7. The molecule has 4 aromatic rings. The molecule has 0 atom stereocenters. The van der Waals surface area contributed by atoms with Crippen LogP contribution in [0.2, 0.25) is 0 Å². The highest BCUT2D eigenvalue weighted by molar-refractivity contribution is 7.15. The Hall–Kier alpha value is -4.22. The summed E-state index contributed by atoms with van der Waals surface area (Å²) < 4.78 is 7.58. The lowest BCUT2D eigenvalue weighted by Crippen LogP contribution is -2.13. The zero-order valence-electron chi connectivity index (χ0n) is 17.2. The summed E-state index contributed by atoms with van der Waals surface area (Å²) in [5.74, 6) is 0.177. The number of nitrogens with one attached hydrogen (secondary N) is 1. The van der Waals surface area contributed by atoms with Gasteiger partial charge in [0.05, 0.1) is 0 Å². The van der Waals surface area contributed by atoms with Gasteiger partial charge in [-0.3, -0.25) is 10.1 Å². The Morgan fingerprint density at radius 2 is 1.91 bits per heavy atom. The lowest BCUT2D eigenvalue weighted by molar-refractivity contribution is -0.112. The Labute approximate surface area is 189 Å². The number of amides is 1. The van der Waals surface area contributed by atoms with Crippen molar-refractivity contribution in [3.63, 3.8) is 0 Å². The number of ether oxygens (including phenoxy) is 1. The number of hydrogen-bond donors (Lipinski definition) is 1. The van der Waals surface area contributed by atoms with Crippen molar-refractivity contribution in [2.24, 2.45) is 0 Å². The molecule has 158 valence electrons.